The number of benzene rings is 1. The van der Waals surface area contributed by atoms with E-state index in [2.05, 4.69) is 47.5 Å². The fraction of sp³-hybridized carbons (Fsp3) is 0.500. The van der Waals surface area contributed by atoms with Crippen LogP contribution in [0.4, 0.5) is 0 Å². The van der Waals surface area contributed by atoms with Gasteiger partial charge in [0.1, 0.15) is 0 Å². The predicted molar refractivity (Wildman–Crippen MR) is 78.2 cm³/mol. The van der Waals surface area contributed by atoms with Crippen LogP contribution in [0.15, 0.2) is 24.3 Å². The van der Waals surface area contributed by atoms with E-state index < -0.39 is 0 Å². The third-order valence-corrected chi connectivity index (χ3v) is 3.78. The highest BCUT2D eigenvalue weighted by Crippen LogP contribution is 2.27. The first-order valence-electron chi connectivity index (χ1n) is 7.01. The summed E-state index contributed by atoms with van der Waals surface area (Å²) in [5, 5.41) is 11.9. The predicted octanol–water partition coefficient (Wildman–Crippen LogP) is 1.81. The molecule has 1 aliphatic rings. The highest BCUT2D eigenvalue weighted by molar-refractivity contribution is 5.73. The van der Waals surface area contributed by atoms with Crippen molar-refractivity contribution in [3.63, 3.8) is 0 Å². The lowest BCUT2D eigenvalue weighted by Crippen LogP contribution is -2.49. The molecule has 4 nitrogen and oxygen atoms in total. The van der Waals surface area contributed by atoms with Gasteiger partial charge in [0.15, 0.2) is 0 Å². The Hall–Kier alpha value is -1.86. The molecule has 0 aliphatic carbocycles. The maximum Gasteiger partial charge on any atom is 0.217 e. The monoisotopic (exact) mass is 271 g/mol. The van der Waals surface area contributed by atoms with Crippen LogP contribution in [0.3, 0.4) is 0 Å². The minimum absolute atomic E-state index is 0.00327. The summed E-state index contributed by atoms with van der Waals surface area (Å²) in [6, 6.07) is 10.9. The summed E-state index contributed by atoms with van der Waals surface area (Å²) in [7, 11) is 0. The average Bonchev–Trinajstić information content (AvgIpc) is 2.38. The van der Waals surface area contributed by atoms with Crippen molar-refractivity contribution in [2.45, 2.75) is 32.2 Å². The number of hydrogen-bond acceptors (Lipinski definition) is 3. The summed E-state index contributed by atoms with van der Waals surface area (Å²) < 4.78 is 0. The van der Waals surface area contributed by atoms with Crippen molar-refractivity contribution in [3.8, 4) is 6.07 Å². The summed E-state index contributed by atoms with van der Waals surface area (Å²) in [4.78, 5) is 13.4. The number of nitrogens with zero attached hydrogens (tertiary/aromatic N) is 2. The topological polar surface area (TPSA) is 56.1 Å². The van der Waals surface area contributed by atoms with Crippen molar-refractivity contribution >= 4 is 5.91 Å². The lowest BCUT2D eigenvalue weighted by molar-refractivity contribution is -0.120. The fourth-order valence-corrected chi connectivity index (χ4v) is 2.89. The number of likely N-dealkylation sites (tertiary alicyclic amines) is 1. The zero-order chi connectivity index (χ0) is 14.5. The van der Waals surface area contributed by atoms with Crippen LogP contribution < -0.4 is 5.32 Å². The first-order valence-corrected chi connectivity index (χ1v) is 7.01. The van der Waals surface area contributed by atoms with Crippen LogP contribution in [0.2, 0.25) is 0 Å². The maximum absolute atomic E-state index is 11.3. The number of amides is 1. The quantitative estimate of drug-likeness (QED) is 0.853. The Bertz CT molecular complexity index is 503. The Morgan fingerprint density at radius 1 is 1.40 bits per heavy atom. The fourth-order valence-electron chi connectivity index (χ4n) is 2.89. The second-order valence-electron chi connectivity index (χ2n) is 5.59. The third-order valence-electron chi connectivity index (χ3n) is 3.78. The third kappa shape index (κ3) is 3.82. The Balaban J connectivity index is 2.12. The van der Waals surface area contributed by atoms with Crippen molar-refractivity contribution in [1.29, 1.82) is 5.26 Å². The molecule has 4 heteroatoms. The van der Waals surface area contributed by atoms with Crippen LogP contribution in [0.25, 0.3) is 0 Å². The summed E-state index contributed by atoms with van der Waals surface area (Å²) in [5.74, 6) is 0.367. The van der Waals surface area contributed by atoms with E-state index in [4.69, 9.17) is 5.26 Å². The Morgan fingerprint density at radius 2 is 2.10 bits per heavy atom. The number of nitriles is 1. The lowest BCUT2D eigenvalue weighted by Gasteiger charge is -2.37. The number of aryl methyl sites for hydroxylation is 1. The molecule has 2 unspecified atom stereocenters. The van der Waals surface area contributed by atoms with Gasteiger partial charge in [-0.2, -0.15) is 5.26 Å². The molecule has 2 atom stereocenters. The maximum atomic E-state index is 11.3. The minimum Gasteiger partial charge on any atom is -0.352 e. The van der Waals surface area contributed by atoms with Gasteiger partial charge < -0.3 is 5.32 Å². The first kappa shape index (κ1) is 14.5. The molecule has 1 N–H and O–H groups in total. The summed E-state index contributed by atoms with van der Waals surface area (Å²) in [6.45, 7) is 5.68. The zero-order valence-electron chi connectivity index (χ0n) is 12.1. The van der Waals surface area contributed by atoms with E-state index in [9.17, 15) is 4.79 Å². The molecule has 20 heavy (non-hydrogen) atoms. The molecule has 1 amide bonds. The van der Waals surface area contributed by atoms with Gasteiger partial charge >= 0.3 is 0 Å². The summed E-state index contributed by atoms with van der Waals surface area (Å²) >= 11 is 0. The van der Waals surface area contributed by atoms with Gasteiger partial charge in [-0.25, -0.2) is 0 Å². The second kappa shape index (κ2) is 6.53. The number of nitrogens with one attached hydrogen (secondary N) is 1. The molecular formula is C16H21N3O. The van der Waals surface area contributed by atoms with Crippen LogP contribution in [0, 0.1) is 18.3 Å². The molecule has 1 aliphatic heterocycles. The van der Waals surface area contributed by atoms with Gasteiger partial charge in [-0.1, -0.05) is 29.8 Å². The van der Waals surface area contributed by atoms with Crippen molar-refractivity contribution in [3.05, 3.63) is 35.4 Å². The first-order chi connectivity index (χ1) is 9.58. The van der Waals surface area contributed by atoms with E-state index in [1.807, 2.05) is 0 Å². The van der Waals surface area contributed by atoms with Gasteiger partial charge in [-0.3, -0.25) is 9.69 Å². The molecule has 1 aromatic rings. The average molecular weight is 271 g/mol. The standard InChI is InChI=1S/C16H21N3O/c1-12-3-5-14(6-4-12)15-9-16(18-13(2)20)11-19(10-15)8-7-17/h3-6,15-16H,8-11H2,1-2H3,(H,18,20). The Labute approximate surface area is 120 Å². The minimum atomic E-state index is -0.00327. The normalized spacial score (nSPS) is 23.1. The molecule has 0 saturated carbocycles. The molecule has 106 valence electrons. The Morgan fingerprint density at radius 3 is 2.70 bits per heavy atom. The van der Waals surface area contributed by atoms with Gasteiger partial charge in [0.2, 0.25) is 5.91 Å². The molecule has 1 aromatic carbocycles. The molecule has 0 aromatic heterocycles. The molecule has 0 radical (unpaired) electrons. The number of carbonyl (C=O) groups is 1. The van der Waals surface area contributed by atoms with Crippen LogP contribution >= 0.6 is 0 Å². The van der Waals surface area contributed by atoms with Crippen molar-refractivity contribution in [1.82, 2.24) is 10.2 Å². The summed E-state index contributed by atoms with van der Waals surface area (Å²) in [6.07, 6.45) is 0.935. The molecular weight excluding hydrogens is 250 g/mol. The smallest absolute Gasteiger partial charge is 0.217 e. The largest absolute Gasteiger partial charge is 0.352 e. The van der Waals surface area contributed by atoms with Gasteiger partial charge in [0, 0.05) is 26.1 Å². The number of piperidine rings is 1. The lowest BCUT2D eigenvalue weighted by atomic mass is 9.87. The van der Waals surface area contributed by atoms with E-state index in [1.54, 1.807) is 6.92 Å². The van der Waals surface area contributed by atoms with Crippen molar-refractivity contribution < 1.29 is 4.79 Å². The van der Waals surface area contributed by atoms with Crippen LogP contribution in [0.1, 0.15) is 30.4 Å². The van der Waals surface area contributed by atoms with Crippen LogP contribution in [-0.4, -0.2) is 36.5 Å². The van der Waals surface area contributed by atoms with E-state index in [1.165, 1.54) is 11.1 Å². The van der Waals surface area contributed by atoms with E-state index in [0.717, 1.165) is 19.5 Å². The highest BCUT2D eigenvalue weighted by atomic mass is 16.1. The summed E-state index contributed by atoms with van der Waals surface area (Å²) in [5.41, 5.74) is 2.53. The molecule has 0 bridgehead atoms. The highest BCUT2D eigenvalue weighted by Gasteiger charge is 2.28. The number of carbonyl (C=O) groups excluding carboxylic acids is 1. The SMILES string of the molecule is CC(=O)NC1CC(c2ccc(C)cc2)CN(CC#N)C1. The van der Waals surface area contributed by atoms with Gasteiger partial charge in [-0.15, -0.1) is 0 Å². The van der Waals surface area contributed by atoms with Gasteiger partial charge in [-0.05, 0) is 24.8 Å². The molecule has 1 fully saturated rings. The molecule has 2 rings (SSSR count). The van der Waals surface area contributed by atoms with E-state index >= 15 is 0 Å². The molecule has 1 saturated heterocycles. The van der Waals surface area contributed by atoms with Crippen LogP contribution in [0.5, 0.6) is 0 Å². The Kier molecular flexibility index (Phi) is 4.75. The number of hydrogen-bond donors (Lipinski definition) is 1. The van der Waals surface area contributed by atoms with Crippen molar-refractivity contribution in [2.75, 3.05) is 19.6 Å². The molecule has 1 heterocycles. The van der Waals surface area contributed by atoms with Crippen LogP contribution in [-0.2, 0) is 4.79 Å². The zero-order valence-corrected chi connectivity index (χ0v) is 12.1. The second-order valence-corrected chi connectivity index (χ2v) is 5.59. The number of rotatable bonds is 3. The van der Waals surface area contributed by atoms with Gasteiger partial charge in [0.05, 0.1) is 12.6 Å². The van der Waals surface area contributed by atoms with E-state index in [-0.39, 0.29) is 11.9 Å². The molecule has 0 spiro atoms. The van der Waals surface area contributed by atoms with Gasteiger partial charge in [0.25, 0.3) is 0 Å². The van der Waals surface area contributed by atoms with E-state index in [0.29, 0.717) is 12.5 Å². The van der Waals surface area contributed by atoms with Crippen molar-refractivity contribution in [2.24, 2.45) is 0 Å².